The van der Waals surface area contributed by atoms with Crippen molar-refractivity contribution in [3.8, 4) is 67.5 Å². The second kappa shape index (κ2) is 16.9. The van der Waals surface area contributed by atoms with E-state index in [0.29, 0.717) is 0 Å². The number of nitrogens with zero attached hydrogens (tertiary/aromatic N) is 2. The van der Waals surface area contributed by atoms with Gasteiger partial charge < -0.3 is 28.9 Å². The fourth-order valence-corrected chi connectivity index (χ4v) is 7.45. The Morgan fingerprint density at radius 3 is 0.724 bits per heavy atom. The maximum Gasteiger partial charge on any atom is 0.118 e. The summed E-state index contributed by atoms with van der Waals surface area (Å²) in [6.07, 6.45) is 8.37. The van der Waals surface area contributed by atoms with E-state index >= 15 is 0 Å². The Labute approximate surface area is 353 Å². The summed E-state index contributed by atoms with van der Waals surface area (Å²) in [4.78, 5) is 18.4. The summed E-state index contributed by atoms with van der Waals surface area (Å²) >= 11 is 0. The van der Waals surface area contributed by atoms with Crippen LogP contribution in [0.1, 0.15) is 22.8 Å². The molecular formula is C48H39ClFeN4O4. The van der Waals surface area contributed by atoms with E-state index in [4.69, 9.17) is 28.9 Å². The van der Waals surface area contributed by atoms with Crippen molar-refractivity contribution in [2.24, 2.45) is 0 Å². The predicted molar refractivity (Wildman–Crippen MR) is 234 cm³/mol. The number of H-pyrrole nitrogens is 2. The molecule has 2 aliphatic rings. The van der Waals surface area contributed by atoms with Crippen molar-refractivity contribution in [2.75, 3.05) is 28.4 Å². The van der Waals surface area contributed by atoms with Crippen LogP contribution in [0.4, 0.5) is 0 Å². The molecule has 0 saturated carbocycles. The van der Waals surface area contributed by atoms with E-state index in [2.05, 4.69) is 107 Å². The molecule has 290 valence electrons. The summed E-state index contributed by atoms with van der Waals surface area (Å²) in [5.74, 6) is 3.12. The Morgan fingerprint density at radius 2 is 0.534 bits per heavy atom. The maximum atomic E-state index is 5.53. The fourth-order valence-electron chi connectivity index (χ4n) is 7.45. The first-order chi connectivity index (χ1) is 27.5. The summed E-state index contributed by atoms with van der Waals surface area (Å²) in [7, 11) is 6.71. The van der Waals surface area contributed by atoms with Crippen molar-refractivity contribution < 1.29 is 36.0 Å². The first-order valence-electron chi connectivity index (χ1n) is 18.3. The molecule has 8 bridgehead atoms. The topological polar surface area (TPSA) is 94.3 Å². The number of hydrogen-bond acceptors (Lipinski definition) is 6. The van der Waals surface area contributed by atoms with Gasteiger partial charge in [0.1, 0.15) is 23.0 Å². The number of methoxy groups -OCH3 is 4. The molecule has 10 heteroatoms. The summed E-state index contributed by atoms with van der Waals surface area (Å²) in [6, 6.07) is 40.9. The molecular weight excluding hydrogens is 788 g/mol. The molecule has 0 radical (unpaired) electrons. The molecule has 58 heavy (non-hydrogen) atoms. The number of hydrogen-bond donors (Lipinski definition) is 2. The maximum absolute atomic E-state index is 5.53. The normalized spacial score (nSPS) is 11.4. The SMILES string of the molecule is COc1ccc(-c2c3nc(c(-c4ccc(OC)cc4)c4ccc([nH]4)c(-c4ccc(OC)cc4)c4nc(c(-c5ccc(OC)cc5)c5ccc2[nH]5)C=C4)C=C3)cc1.Cl.[Fe]. The van der Waals surface area contributed by atoms with Crippen molar-refractivity contribution in [1.82, 2.24) is 19.9 Å². The number of nitrogens with one attached hydrogen (secondary N) is 2. The molecule has 3 aromatic heterocycles. The quantitative estimate of drug-likeness (QED) is 0.148. The van der Waals surface area contributed by atoms with Gasteiger partial charge in [0.05, 0.1) is 51.2 Å². The Bertz CT molecular complexity index is 2450. The number of rotatable bonds is 8. The smallest absolute Gasteiger partial charge is 0.118 e. The number of halogens is 1. The van der Waals surface area contributed by atoms with E-state index < -0.39 is 0 Å². The monoisotopic (exact) mass is 826 g/mol. The molecule has 2 aliphatic heterocycles. The summed E-state index contributed by atoms with van der Waals surface area (Å²) in [5, 5.41) is 0. The zero-order valence-electron chi connectivity index (χ0n) is 32.1. The molecule has 5 heterocycles. The Hall–Kier alpha value is -6.51. The Balaban J connectivity index is 0.00000256. The second-order valence-corrected chi connectivity index (χ2v) is 13.4. The van der Waals surface area contributed by atoms with Crippen LogP contribution in [0.15, 0.2) is 121 Å². The van der Waals surface area contributed by atoms with Gasteiger partial charge in [-0.2, -0.15) is 0 Å². The van der Waals surface area contributed by atoms with Gasteiger partial charge in [-0.05, 0) is 119 Å². The van der Waals surface area contributed by atoms with Gasteiger partial charge in [-0.3, -0.25) is 0 Å². The van der Waals surface area contributed by atoms with Gasteiger partial charge in [0.2, 0.25) is 0 Å². The molecule has 8 nitrogen and oxygen atoms in total. The Morgan fingerprint density at radius 1 is 0.328 bits per heavy atom. The van der Waals surface area contributed by atoms with Gasteiger partial charge in [0, 0.05) is 61.4 Å². The number of aromatic nitrogens is 4. The van der Waals surface area contributed by atoms with E-state index in [-0.39, 0.29) is 29.5 Å². The van der Waals surface area contributed by atoms with Gasteiger partial charge in [0.15, 0.2) is 0 Å². The van der Waals surface area contributed by atoms with Crippen molar-refractivity contribution in [2.45, 2.75) is 0 Å². The second-order valence-electron chi connectivity index (χ2n) is 13.4. The van der Waals surface area contributed by atoms with Gasteiger partial charge in [0.25, 0.3) is 0 Å². The van der Waals surface area contributed by atoms with Crippen LogP contribution in [0.2, 0.25) is 0 Å². The van der Waals surface area contributed by atoms with E-state index in [9.17, 15) is 0 Å². The van der Waals surface area contributed by atoms with Gasteiger partial charge in [-0.15, -0.1) is 12.4 Å². The Kier molecular flexibility index (Phi) is 11.6. The number of aromatic amines is 2. The summed E-state index contributed by atoms with van der Waals surface area (Å²) in [6.45, 7) is 0. The minimum absolute atomic E-state index is 0. The van der Waals surface area contributed by atoms with Crippen LogP contribution < -0.4 is 18.9 Å². The fraction of sp³-hybridized carbons (Fsp3) is 0.0833. The molecule has 0 amide bonds. The minimum Gasteiger partial charge on any atom is -0.497 e. The van der Waals surface area contributed by atoms with Crippen LogP contribution in [0, 0.1) is 0 Å². The molecule has 0 fully saturated rings. The third-order valence-corrected chi connectivity index (χ3v) is 10.3. The summed E-state index contributed by atoms with van der Waals surface area (Å²) < 4.78 is 22.1. The van der Waals surface area contributed by atoms with E-state index in [0.717, 1.165) is 112 Å². The van der Waals surface area contributed by atoms with Crippen LogP contribution in [0.5, 0.6) is 23.0 Å². The van der Waals surface area contributed by atoms with Crippen molar-refractivity contribution in [3.05, 3.63) is 144 Å². The third-order valence-electron chi connectivity index (χ3n) is 10.3. The molecule has 0 unspecified atom stereocenters. The molecule has 4 aromatic carbocycles. The first-order valence-corrected chi connectivity index (χ1v) is 18.3. The predicted octanol–water partition coefficient (Wildman–Crippen LogP) is 11.8. The molecule has 9 rings (SSSR count). The zero-order chi connectivity index (χ0) is 38.2. The van der Waals surface area contributed by atoms with E-state index in [1.807, 2.05) is 48.5 Å². The van der Waals surface area contributed by atoms with Crippen LogP contribution in [0.3, 0.4) is 0 Å². The number of fused-ring (bicyclic) bond motifs is 8. The minimum atomic E-state index is 0. The van der Waals surface area contributed by atoms with Crippen molar-refractivity contribution >= 4 is 58.8 Å². The summed E-state index contributed by atoms with van der Waals surface area (Å²) in [5.41, 5.74) is 14.8. The first kappa shape index (κ1) is 39.7. The van der Waals surface area contributed by atoms with Crippen molar-refractivity contribution in [1.29, 1.82) is 0 Å². The zero-order valence-corrected chi connectivity index (χ0v) is 34.1. The van der Waals surface area contributed by atoms with Gasteiger partial charge in [-0.1, -0.05) is 48.5 Å². The molecule has 0 saturated heterocycles. The number of benzene rings is 4. The largest absolute Gasteiger partial charge is 0.497 e. The molecule has 2 N–H and O–H groups in total. The average Bonchev–Trinajstić information content (AvgIpc) is 4.10. The van der Waals surface area contributed by atoms with Crippen LogP contribution in [-0.4, -0.2) is 48.4 Å². The van der Waals surface area contributed by atoms with Crippen LogP contribution >= 0.6 is 12.4 Å². The standard InChI is InChI=1S/C48H38N4O4.ClH.Fe/c1-53-33-13-5-29(6-14-33)45-37-21-23-39(49-37)46(30-7-15-34(54-2)16-8-30)41-25-27-43(51-41)48(32-11-19-36(56-4)20-12-32)44-28-26-42(52-44)47(40-24-22-38(45)50-40)31-9-17-35(55-3)18-10-31;;/h5-28,49,52H,1-4H3;1H;. The van der Waals surface area contributed by atoms with Gasteiger partial charge in [-0.25, -0.2) is 9.97 Å². The van der Waals surface area contributed by atoms with Gasteiger partial charge >= 0.3 is 0 Å². The van der Waals surface area contributed by atoms with Crippen LogP contribution in [-0.2, 0) is 17.1 Å². The third kappa shape index (κ3) is 7.39. The van der Waals surface area contributed by atoms with E-state index in [1.54, 1.807) is 28.4 Å². The molecule has 7 aromatic rings. The number of ether oxygens (including phenoxy) is 4. The average molecular weight is 827 g/mol. The van der Waals surface area contributed by atoms with E-state index in [1.165, 1.54) is 0 Å². The molecule has 0 spiro atoms. The molecule has 0 atom stereocenters. The molecule has 0 aliphatic carbocycles. The van der Waals surface area contributed by atoms with Crippen molar-refractivity contribution in [3.63, 3.8) is 0 Å². The van der Waals surface area contributed by atoms with Crippen LogP contribution in [0.25, 0.3) is 90.9 Å².